The maximum absolute atomic E-state index is 13.5. The first-order valence-electron chi connectivity index (χ1n) is 5.52. The van der Waals surface area contributed by atoms with Gasteiger partial charge in [0.25, 0.3) is 0 Å². The predicted molar refractivity (Wildman–Crippen MR) is 63.2 cm³/mol. The number of nitrogens with one attached hydrogen (secondary N) is 1. The summed E-state index contributed by atoms with van der Waals surface area (Å²) in [6, 6.07) is 4.29. The van der Waals surface area contributed by atoms with Gasteiger partial charge < -0.3 is 5.32 Å². The molecule has 0 amide bonds. The topological polar surface area (TPSA) is 48.7 Å². The van der Waals surface area contributed by atoms with Crippen LogP contribution >= 0.6 is 0 Å². The van der Waals surface area contributed by atoms with Gasteiger partial charge in [-0.3, -0.25) is 0 Å². The summed E-state index contributed by atoms with van der Waals surface area (Å²) < 4.78 is 66.0. The molecule has 0 radical (unpaired) electrons. The highest BCUT2D eigenvalue weighted by Crippen LogP contribution is 2.29. The summed E-state index contributed by atoms with van der Waals surface area (Å²) in [6.45, 7) is 1.50. The van der Waals surface area contributed by atoms with Crippen LogP contribution < -0.4 is 5.32 Å². The van der Waals surface area contributed by atoms with Crippen molar-refractivity contribution in [2.24, 2.45) is 0 Å². The summed E-state index contributed by atoms with van der Waals surface area (Å²) in [5.41, 5.74) is -0.775. The molecule has 0 unspecified atom stereocenters. The van der Waals surface area contributed by atoms with Crippen LogP contribution in [-0.4, -0.2) is 4.98 Å². The van der Waals surface area contributed by atoms with E-state index in [-0.39, 0.29) is 11.4 Å². The molecular formula is C13H6F5N3. The third-order valence-electron chi connectivity index (χ3n) is 2.55. The Hall–Kier alpha value is -2.69. The van der Waals surface area contributed by atoms with Gasteiger partial charge in [0.1, 0.15) is 11.5 Å². The molecule has 108 valence electrons. The first-order valence-corrected chi connectivity index (χ1v) is 5.52. The molecule has 1 aromatic heterocycles. The van der Waals surface area contributed by atoms with Crippen molar-refractivity contribution < 1.29 is 22.0 Å². The second-order valence-corrected chi connectivity index (χ2v) is 4.06. The van der Waals surface area contributed by atoms with Gasteiger partial charge in [0.15, 0.2) is 23.3 Å². The highest BCUT2D eigenvalue weighted by Gasteiger charge is 2.26. The number of benzene rings is 1. The molecule has 0 bridgehead atoms. The molecule has 1 aromatic carbocycles. The quantitative estimate of drug-likeness (QED) is 0.522. The van der Waals surface area contributed by atoms with E-state index < -0.39 is 34.8 Å². The number of hydrogen-bond donors (Lipinski definition) is 1. The Bertz CT molecular complexity index is 738. The minimum absolute atomic E-state index is 0.119. The standard InChI is InChI=1S/C13H6F5N3/c1-5-2-6(4-19)3-7(20-5)21-13-11(17)9(15)8(14)10(16)12(13)18/h2-3H,1H3,(H,20,21). The Balaban J connectivity index is 2.55. The molecule has 0 saturated carbocycles. The molecule has 0 atom stereocenters. The third-order valence-corrected chi connectivity index (χ3v) is 2.55. The molecule has 21 heavy (non-hydrogen) atoms. The van der Waals surface area contributed by atoms with Gasteiger partial charge in [-0.25, -0.2) is 26.9 Å². The van der Waals surface area contributed by atoms with Crippen LogP contribution in [0, 0.1) is 47.3 Å². The molecule has 0 aliphatic rings. The van der Waals surface area contributed by atoms with Gasteiger partial charge in [-0.05, 0) is 19.1 Å². The zero-order valence-electron chi connectivity index (χ0n) is 10.4. The maximum Gasteiger partial charge on any atom is 0.200 e. The summed E-state index contributed by atoms with van der Waals surface area (Å²) in [7, 11) is 0. The summed E-state index contributed by atoms with van der Waals surface area (Å²) in [5, 5.41) is 10.8. The van der Waals surface area contributed by atoms with Crippen LogP contribution in [-0.2, 0) is 0 Å². The van der Waals surface area contributed by atoms with E-state index >= 15 is 0 Å². The first-order chi connectivity index (χ1) is 9.85. The molecule has 0 saturated heterocycles. The van der Waals surface area contributed by atoms with Crippen molar-refractivity contribution in [2.45, 2.75) is 6.92 Å². The number of nitrogens with zero attached hydrogens (tertiary/aromatic N) is 2. The van der Waals surface area contributed by atoms with Gasteiger partial charge in [0.05, 0.1) is 11.6 Å². The Morgan fingerprint density at radius 2 is 1.48 bits per heavy atom. The number of pyridine rings is 1. The van der Waals surface area contributed by atoms with Gasteiger partial charge in [0.2, 0.25) is 5.82 Å². The highest BCUT2D eigenvalue weighted by molar-refractivity contribution is 5.60. The molecule has 1 N–H and O–H groups in total. The van der Waals surface area contributed by atoms with Crippen LogP contribution in [0.1, 0.15) is 11.3 Å². The number of anilines is 2. The fourth-order valence-electron chi connectivity index (χ4n) is 1.64. The summed E-state index contributed by atoms with van der Waals surface area (Å²) in [4.78, 5) is 3.81. The summed E-state index contributed by atoms with van der Waals surface area (Å²) >= 11 is 0. The molecule has 0 aliphatic heterocycles. The van der Waals surface area contributed by atoms with Crippen LogP contribution in [0.3, 0.4) is 0 Å². The van der Waals surface area contributed by atoms with E-state index in [1.54, 1.807) is 6.07 Å². The second-order valence-electron chi connectivity index (χ2n) is 4.06. The van der Waals surface area contributed by atoms with E-state index in [9.17, 15) is 22.0 Å². The Morgan fingerprint density at radius 3 is 2.00 bits per heavy atom. The van der Waals surface area contributed by atoms with Crippen LogP contribution in [0.2, 0.25) is 0 Å². The van der Waals surface area contributed by atoms with E-state index in [2.05, 4.69) is 4.98 Å². The van der Waals surface area contributed by atoms with Crippen molar-refractivity contribution in [3.63, 3.8) is 0 Å². The summed E-state index contributed by atoms with van der Waals surface area (Å²) in [5.74, 6) is -10.6. The van der Waals surface area contributed by atoms with E-state index in [1.165, 1.54) is 13.0 Å². The molecule has 0 fully saturated rings. The van der Waals surface area contributed by atoms with Gasteiger partial charge in [0, 0.05) is 5.69 Å². The minimum Gasteiger partial charge on any atom is -0.335 e. The molecule has 2 rings (SSSR count). The number of rotatable bonds is 2. The zero-order valence-corrected chi connectivity index (χ0v) is 10.4. The number of nitriles is 1. The molecule has 0 aliphatic carbocycles. The number of hydrogen-bond acceptors (Lipinski definition) is 3. The van der Waals surface area contributed by atoms with Crippen molar-refractivity contribution in [3.05, 3.63) is 52.5 Å². The Labute approximate surface area is 115 Å². The molecule has 8 heteroatoms. The van der Waals surface area contributed by atoms with Gasteiger partial charge in [-0.15, -0.1) is 0 Å². The van der Waals surface area contributed by atoms with Crippen LogP contribution in [0.15, 0.2) is 12.1 Å². The third kappa shape index (κ3) is 2.63. The fraction of sp³-hybridized carbons (Fsp3) is 0.0769. The molecule has 2 aromatic rings. The lowest BCUT2D eigenvalue weighted by molar-refractivity contribution is 0.382. The second kappa shape index (κ2) is 5.36. The average Bonchev–Trinajstić information content (AvgIpc) is 2.47. The Kier molecular flexibility index (Phi) is 3.76. The van der Waals surface area contributed by atoms with E-state index in [1.807, 2.05) is 5.32 Å². The van der Waals surface area contributed by atoms with Crippen LogP contribution in [0.5, 0.6) is 0 Å². The number of aryl methyl sites for hydroxylation is 1. The zero-order chi connectivity index (χ0) is 15.7. The molecule has 0 spiro atoms. The molecule has 1 heterocycles. The predicted octanol–water partition coefficient (Wildman–Crippen LogP) is 3.70. The molecular weight excluding hydrogens is 293 g/mol. The first kappa shape index (κ1) is 14.7. The van der Waals surface area contributed by atoms with Crippen molar-refractivity contribution in [2.75, 3.05) is 5.32 Å². The van der Waals surface area contributed by atoms with Gasteiger partial charge >= 0.3 is 0 Å². The number of halogens is 5. The lowest BCUT2D eigenvalue weighted by Gasteiger charge is -2.10. The lowest BCUT2D eigenvalue weighted by atomic mass is 10.2. The SMILES string of the molecule is Cc1cc(C#N)cc(Nc2c(F)c(F)c(F)c(F)c2F)n1. The number of aromatic nitrogens is 1. The van der Waals surface area contributed by atoms with Crippen LogP contribution in [0.4, 0.5) is 33.5 Å². The summed E-state index contributed by atoms with van der Waals surface area (Å²) in [6.07, 6.45) is 0. The molecule has 3 nitrogen and oxygen atoms in total. The Morgan fingerprint density at radius 1 is 0.952 bits per heavy atom. The van der Waals surface area contributed by atoms with E-state index in [0.29, 0.717) is 5.69 Å². The van der Waals surface area contributed by atoms with Crippen molar-refractivity contribution in [3.8, 4) is 6.07 Å². The minimum atomic E-state index is -2.24. The van der Waals surface area contributed by atoms with Crippen molar-refractivity contribution >= 4 is 11.5 Å². The average molecular weight is 299 g/mol. The van der Waals surface area contributed by atoms with E-state index in [4.69, 9.17) is 5.26 Å². The smallest absolute Gasteiger partial charge is 0.200 e. The highest BCUT2D eigenvalue weighted by atomic mass is 19.2. The normalized spacial score (nSPS) is 10.3. The maximum atomic E-state index is 13.5. The van der Waals surface area contributed by atoms with Crippen molar-refractivity contribution in [1.82, 2.24) is 4.98 Å². The lowest BCUT2D eigenvalue weighted by Crippen LogP contribution is -2.08. The van der Waals surface area contributed by atoms with Gasteiger partial charge in [-0.2, -0.15) is 5.26 Å². The fourth-order valence-corrected chi connectivity index (χ4v) is 1.64. The van der Waals surface area contributed by atoms with Crippen molar-refractivity contribution in [1.29, 1.82) is 5.26 Å². The van der Waals surface area contributed by atoms with Crippen LogP contribution in [0.25, 0.3) is 0 Å². The van der Waals surface area contributed by atoms with Gasteiger partial charge in [-0.1, -0.05) is 0 Å². The monoisotopic (exact) mass is 299 g/mol. The largest absolute Gasteiger partial charge is 0.335 e. The van der Waals surface area contributed by atoms with E-state index in [0.717, 1.165) is 6.07 Å².